The lowest BCUT2D eigenvalue weighted by atomic mass is 9.89. The average Bonchev–Trinajstić information content (AvgIpc) is 2.96. The Hall–Kier alpha value is 0.190. The predicted molar refractivity (Wildman–Crippen MR) is 76.1 cm³/mol. The van der Waals surface area contributed by atoms with Gasteiger partial charge in [-0.2, -0.15) is 0 Å². The van der Waals surface area contributed by atoms with Crippen LogP contribution in [-0.4, -0.2) is 20.8 Å². The molecule has 1 fully saturated rings. The molecule has 1 aliphatic rings. The van der Waals surface area contributed by atoms with Crippen LogP contribution in [0.15, 0.2) is 16.3 Å². The van der Waals surface area contributed by atoms with Crippen molar-refractivity contribution >= 4 is 44.6 Å². The highest BCUT2D eigenvalue weighted by molar-refractivity contribution is 7.91. The first-order chi connectivity index (χ1) is 8.47. The largest absolute Gasteiger partial charge is 0.250 e. The predicted octanol–water partition coefficient (Wildman–Crippen LogP) is 3.48. The normalized spacial score (nSPS) is 19.2. The van der Waals surface area contributed by atoms with Crippen molar-refractivity contribution in [2.75, 3.05) is 12.4 Å². The van der Waals surface area contributed by atoms with Crippen molar-refractivity contribution in [2.45, 2.75) is 29.9 Å². The van der Waals surface area contributed by atoms with Crippen LogP contribution < -0.4 is 4.72 Å². The molecule has 0 atom stereocenters. The zero-order valence-electron chi connectivity index (χ0n) is 9.79. The van der Waals surface area contributed by atoms with Crippen molar-refractivity contribution in [1.29, 1.82) is 0 Å². The highest BCUT2D eigenvalue weighted by atomic mass is 35.5. The van der Waals surface area contributed by atoms with E-state index in [1.807, 2.05) is 0 Å². The third-order valence-electron chi connectivity index (χ3n) is 3.40. The fourth-order valence-corrected chi connectivity index (χ4v) is 5.29. The molecule has 0 unspecified atom stereocenters. The molecule has 0 bridgehead atoms. The summed E-state index contributed by atoms with van der Waals surface area (Å²) in [6, 6.07) is 3.12. The molecule has 102 valence electrons. The Labute approximate surface area is 122 Å². The number of alkyl halides is 1. The number of nitrogens with one attached hydrogen (secondary N) is 1. The summed E-state index contributed by atoms with van der Waals surface area (Å²) in [6.07, 6.45) is 4.23. The van der Waals surface area contributed by atoms with Crippen molar-refractivity contribution in [3.63, 3.8) is 0 Å². The van der Waals surface area contributed by atoms with Crippen LogP contribution >= 0.6 is 34.5 Å². The van der Waals surface area contributed by atoms with Crippen LogP contribution in [0.1, 0.15) is 25.7 Å². The number of hydrogen-bond acceptors (Lipinski definition) is 3. The second kappa shape index (κ2) is 5.67. The summed E-state index contributed by atoms with van der Waals surface area (Å²) in [7, 11) is -3.45. The van der Waals surface area contributed by atoms with Crippen molar-refractivity contribution in [1.82, 2.24) is 4.72 Å². The summed E-state index contributed by atoms with van der Waals surface area (Å²) in [5.74, 6) is 0.501. The molecule has 0 radical (unpaired) electrons. The molecule has 3 nitrogen and oxygen atoms in total. The molecule has 1 aromatic rings. The maximum Gasteiger partial charge on any atom is 0.250 e. The fraction of sp³-hybridized carbons (Fsp3) is 0.636. The summed E-state index contributed by atoms with van der Waals surface area (Å²) >= 11 is 12.8. The van der Waals surface area contributed by atoms with Crippen molar-refractivity contribution in [3.05, 3.63) is 16.5 Å². The first-order valence-corrected chi connectivity index (χ1v) is 9.00. The maximum atomic E-state index is 12.1. The standard InChI is InChI=1S/C11H15Cl2NO2S2/c12-7-11(5-1-2-6-11)8-14-18(15,16)10-4-3-9(13)17-10/h3-4,14H,1-2,5-8H2. The van der Waals surface area contributed by atoms with Crippen LogP contribution in [0.4, 0.5) is 0 Å². The second-order valence-corrected chi connectivity index (χ2v) is 8.70. The molecule has 1 N–H and O–H groups in total. The Balaban J connectivity index is 2.05. The Morgan fingerprint density at radius 2 is 2.00 bits per heavy atom. The molecule has 0 aliphatic heterocycles. The zero-order valence-corrected chi connectivity index (χ0v) is 12.9. The molecular formula is C11H15Cl2NO2S2. The van der Waals surface area contributed by atoms with Crippen molar-refractivity contribution in [3.8, 4) is 0 Å². The molecule has 0 aromatic carbocycles. The number of hydrogen-bond donors (Lipinski definition) is 1. The van der Waals surface area contributed by atoms with Gasteiger partial charge in [-0.15, -0.1) is 22.9 Å². The monoisotopic (exact) mass is 327 g/mol. The van der Waals surface area contributed by atoms with Crippen LogP contribution in [0.3, 0.4) is 0 Å². The van der Waals surface area contributed by atoms with E-state index in [4.69, 9.17) is 23.2 Å². The summed E-state index contributed by atoms with van der Waals surface area (Å²) < 4.78 is 27.5. The van der Waals surface area contributed by atoms with Crippen LogP contribution in [0.25, 0.3) is 0 Å². The Kier molecular flexibility index (Phi) is 4.60. The molecule has 7 heteroatoms. The van der Waals surface area contributed by atoms with E-state index >= 15 is 0 Å². The quantitative estimate of drug-likeness (QED) is 0.841. The van der Waals surface area contributed by atoms with E-state index in [9.17, 15) is 8.42 Å². The van der Waals surface area contributed by atoms with Crippen LogP contribution in [0.5, 0.6) is 0 Å². The second-order valence-electron chi connectivity index (χ2n) is 4.72. The fourth-order valence-electron chi connectivity index (χ4n) is 2.24. The van der Waals surface area contributed by atoms with Gasteiger partial charge in [-0.25, -0.2) is 13.1 Å². The van der Waals surface area contributed by atoms with E-state index < -0.39 is 10.0 Å². The van der Waals surface area contributed by atoms with Crippen LogP contribution in [0, 0.1) is 5.41 Å². The van der Waals surface area contributed by atoms with Gasteiger partial charge in [0.1, 0.15) is 4.21 Å². The lowest BCUT2D eigenvalue weighted by Gasteiger charge is -2.26. The topological polar surface area (TPSA) is 46.2 Å². The number of sulfonamides is 1. The van der Waals surface area contributed by atoms with Crippen molar-refractivity contribution in [2.24, 2.45) is 5.41 Å². The van der Waals surface area contributed by atoms with Gasteiger partial charge in [0.15, 0.2) is 0 Å². The summed E-state index contributed by atoms with van der Waals surface area (Å²) in [5.41, 5.74) is -0.0737. The van der Waals surface area contributed by atoms with E-state index in [2.05, 4.69) is 4.72 Å². The molecule has 1 heterocycles. The lowest BCUT2D eigenvalue weighted by Crippen LogP contribution is -2.36. The van der Waals surface area contributed by atoms with Gasteiger partial charge in [0, 0.05) is 12.4 Å². The van der Waals surface area contributed by atoms with Crippen LogP contribution in [-0.2, 0) is 10.0 Å². The summed E-state index contributed by atoms with van der Waals surface area (Å²) in [4.78, 5) is 0. The van der Waals surface area contributed by atoms with Gasteiger partial charge in [-0.05, 0) is 30.4 Å². The third-order valence-corrected chi connectivity index (χ3v) is 7.09. The molecule has 1 aromatic heterocycles. The van der Waals surface area contributed by atoms with Gasteiger partial charge in [0.05, 0.1) is 4.34 Å². The van der Waals surface area contributed by atoms with Gasteiger partial charge < -0.3 is 0 Å². The van der Waals surface area contributed by atoms with E-state index in [-0.39, 0.29) is 9.62 Å². The Bertz CT molecular complexity index is 507. The first-order valence-electron chi connectivity index (χ1n) is 5.78. The average molecular weight is 328 g/mol. The molecular weight excluding hydrogens is 313 g/mol. The SMILES string of the molecule is O=S(=O)(NCC1(CCl)CCCC1)c1ccc(Cl)s1. The molecule has 0 amide bonds. The van der Waals surface area contributed by atoms with Gasteiger partial charge in [-0.3, -0.25) is 0 Å². The first kappa shape index (κ1) is 14.6. The molecule has 1 aliphatic carbocycles. The number of halogens is 2. The molecule has 2 rings (SSSR count). The minimum atomic E-state index is -3.45. The third kappa shape index (κ3) is 3.20. The Morgan fingerprint density at radius 1 is 1.33 bits per heavy atom. The molecule has 0 spiro atoms. The lowest BCUT2D eigenvalue weighted by molar-refractivity contribution is 0.342. The molecule has 0 saturated heterocycles. The molecule has 18 heavy (non-hydrogen) atoms. The van der Waals surface area contributed by atoms with E-state index in [0.717, 1.165) is 37.0 Å². The minimum Gasteiger partial charge on any atom is -0.210 e. The van der Waals surface area contributed by atoms with Gasteiger partial charge in [0.25, 0.3) is 0 Å². The van der Waals surface area contributed by atoms with E-state index in [0.29, 0.717) is 16.8 Å². The van der Waals surface area contributed by atoms with Crippen molar-refractivity contribution < 1.29 is 8.42 Å². The summed E-state index contributed by atoms with van der Waals surface area (Å²) in [5, 5.41) is 0. The highest BCUT2D eigenvalue weighted by Crippen LogP contribution is 2.39. The van der Waals surface area contributed by atoms with Gasteiger partial charge >= 0.3 is 0 Å². The highest BCUT2D eigenvalue weighted by Gasteiger charge is 2.34. The summed E-state index contributed by atoms with van der Waals surface area (Å²) in [6.45, 7) is 0.411. The maximum absolute atomic E-state index is 12.1. The number of rotatable bonds is 5. The van der Waals surface area contributed by atoms with E-state index in [1.165, 1.54) is 6.07 Å². The minimum absolute atomic E-state index is 0.0737. The van der Waals surface area contributed by atoms with Gasteiger partial charge in [-0.1, -0.05) is 24.4 Å². The smallest absolute Gasteiger partial charge is 0.210 e. The van der Waals surface area contributed by atoms with Crippen LogP contribution in [0.2, 0.25) is 4.34 Å². The van der Waals surface area contributed by atoms with E-state index in [1.54, 1.807) is 6.07 Å². The Morgan fingerprint density at radius 3 is 2.50 bits per heavy atom. The molecule has 1 saturated carbocycles. The number of thiophene rings is 1. The van der Waals surface area contributed by atoms with Gasteiger partial charge in [0.2, 0.25) is 10.0 Å². The zero-order chi connectivity index (χ0) is 13.2.